The zero-order valence-corrected chi connectivity index (χ0v) is 13.5. The van der Waals surface area contributed by atoms with Crippen molar-refractivity contribution in [2.45, 2.75) is 51.7 Å². The highest BCUT2D eigenvalue weighted by Crippen LogP contribution is 2.37. The van der Waals surface area contributed by atoms with Crippen molar-refractivity contribution < 1.29 is 18.5 Å². The number of hydrogen-bond acceptors (Lipinski definition) is 6. The van der Waals surface area contributed by atoms with E-state index in [4.69, 9.17) is 13.7 Å². The van der Waals surface area contributed by atoms with E-state index in [1.54, 1.807) is 18.6 Å². The minimum atomic E-state index is -0.551. The standard InChI is InChI=1S/C16H21N3O4/c1-16(2,3)22-15(20)17-12(10-5-4-6-10)14-18-13(19-23-14)11-7-8-21-9-11/h7-10,12H,4-6H2,1-3H3,(H,17,20). The molecular weight excluding hydrogens is 298 g/mol. The normalized spacial score (nSPS) is 16.7. The van der Waals surface area contributed by atoms with Crippen LogP contribution >= 0.6 is 0 Å². The van der Waals surface area contributed by atoms with Gasteiger partial charge in [0, 0.05) is 0 Å². The van der Waals surface area contributed by atoms with Gasteiger partial charge in [-0.25, -0.2) is 4.79 Å². The summed E-state index contributed by atoms with van der Waals surface area (Å²) >= 11 is 0. The molecule has 23 heavy (non-hydrogen) atoms. The molecule has 0 radical (unpaired) electrons. The minimum absolute atomic E-state index is 0.292. The quantitative estimate of drug-likeness (QED) is 0.924. The van der Waals surface area contributed by atoms with Crippen LogP contribution in [0.4, 0.5) is 4.79 Å². The summed E-state index contributed by atoms with van der Waals surface area (Å²) < 4.78 is 15.7. The second-order valence-electron chi connectivity index (χ2n) is 6.78. The lowest BCUT2D eigenvalue weighted by Gasteiger charge is -2.32. The predicted molar refractivity (Wildman–Crippen MR) is 81.5 cm³/mol. The number of nitrogens with zero attached hydrogens (tertiary/aromatic N) is 2. The van der Waals surface area contributed by atoms with Crippen LogP contribution in [0, 0.1) is 5.92 Å². The Bertz CT molecular complexity index is 653. The van der Waals surface area contributed by atoms with Crippen molar-refractivity contribution in [1.29, 1.82) is 0 Å². The van der Waals surface area contributed by atoms with Crippen LogP contribution in [0.5, 0.6) is 0 Å². The molecule has 1 fully saturated rings. The summed E-state index contributed by atoms with van der Waals surface area (Å²) in [5.41, 5.74) is 0.190. The number of carbonyl (C=O) groups is 1. The summed E-state index contributed by atoms with van der Waals surface area (Å²) in [7, 11) is 0. The number of furan rings is 1. The van der Waals surface area contributed by atoms with Gasteiger partial charge in [0.15, 0.2) is 0 Å². The molecule has 124 valence electrons. The average Bonchev–Trinajstić information content (AvgIpc) is 3.05. The van der Waals surface area contributed by atoms with Crippen LogP contribution in [0.3, 0.4) is 0 Å². The number of amides is 1. The Balaban J connectivity index is 1.75. The van der Waals surface area contributed by atoms with Crippen molar-refractivity contribution >= 4 is 6.09 Å². The number of nitrogens with one attached hydrogen (secondary N) is 1. The molecule has 0 bridgehead atoms. The number of ether oxygens (including phenoxy) is 1. The summed E-state index contributed by atoms with van der Waals surface area (Å²) in [6, 6.07) is 1.43. The van der Waals surface area contributed by atoms with Gasteiger partial charge < -0.3 is 19.0 Å². The second-order valence-corrected chi connectivity index (χ2v) is 6.78. The molecule has 7 nitrogen and oxygen atoms in total. The van der Waals surface area contributed by atoms with Crippen molar-refractivity contribution in [3.05, 3.63) is 24.5 Å². The monoisotopic (exact) mass is 319 g/mol. The third-order valence-corrected chi connectivity index (χ3v) is 3.78. The number of alkyl carbamates (subject to hydrolysis) is 1. The van der Waals surface area contributed by atoms with E-state index < -0.39 is 11.7 Å². The Morgan fingerprint density at radius 3 is 2.78 bits per heavy atom. The molecule has 0 aromatic carbocycles. The number of carbonyl (C=O) groups excluding carboxylic acids is 1. The zero-order chi connectivity index (χ0) is 16.4. The molecule has 1 saturated carbocycles. The molecule has 0 spiro atoms. The highest BCUT2D eigenvalue weighted by molar-refractivity contribution is 5.68. The van der Waals surface area contributed by atoms with E-state index >= 15 is 0 Å². The maximum Gasteiger partial charge on any atom is 0.408 e. The molecule has 2 heterocycles. The third-order valence-electron chi connectivity index (χ3n) is 3.78. The van der Waals surface area contributed by atoms with E-state index in [1.165, 1.54) is 0 Å². The number of rotatable bonds is 4. The van der Waals surface area contributed by atoms with E-state index in [1.807, 2.05) is 20.8 Å². The van der Waals surface area contributed by atoms with E-state index in [0.29, 0.717) is 17.6 Å². The summed E-state index contributed by atoms with van der Waals surface area (Å²) in [6.45, 7) is 5.48. The van der Waals surface area contributed by atoms with Gasteiger partial charge in [-0.2, -0.15) is 4.98 Å². The SMILES string of the molecule is CC(C)(C)OC(=O)NC(c1nc(-c2ccoc2)no1)C1CCC1. The minimum Gasteiger partial charge on any atom is -0.472 e. The Kier molecular flexibility index (Phi) is 4.11. The molecule has 1 amide bonds. The molecule has 1 aliphatic carbocycles. The molecule has 1 N–H and O–H groups in total. The fourth-order valence-electron chi connectivity index (χ4n) is 2.46. The maximum atomic E-state index is 12.1. The van der Waals surface area contributed by atoms with Crippen molar-refractivity contribution in [2.75, 3.05) is 0 Å². The summed E-state index contributed by atoms with van der Waals surface area (Å²) in [4.78, 5) is 16.5. The van der Waals surface area contributed by atoms with Gasteiger partial charge in [0.2, 0.25) is 11.7 Å². The molecule has 1 unspecified atom stereocenters. The molecular formula is C16H21N3O4. The summed E-state index contributed by atoms with van der Waals surface area (Å²) in [6.07, 6.45) is 5.80. The van der Waals surface area contributed by atoms with E-state index in [2.05, 4.69) is 15.5 Å². The van der Waals surface area contributed by atoms with Crippen LogP contribution in [-0.2, 0) is 4.74 Å². The highest BCUT2D eigenvalue weighted by Gasteiger charge is 2.35. The molecule has 3 rings (SSSR count). The highest BCUT2D eigenvalue weighted by atomic mass is 16.6. The topological polar surface area (TPSA) is 90.4 Å². The number of aromatic nitrogens is 2. The van der Waals surface area contributed by atoms with Gasteiger partial charge >= 0.3 is 6.09 Å². The fraction of sp³-hybridized carbons (Fsp3) is 0.562. The number of hydrogen-bond donors (Lipinski definition) is 1. The summed E-state index contributed by atoms with van der Waals surface area (Å²) in [5.74, 6) is 1.14. The van der Waals surface area contributed by atoms with E-state index in [9.17, 15) is 4.79 Å². The van der Waals surface area contributed by atoms with Crippen LogP contribution in [0.1, 0.15) is 52.0 Å². The molecule has 0 saturated heterocycles. The first-order valence-electron chi connectivity index (χ1n) is 7.78. The van der Waals surface area contributed by atoms with Crippen LogP contribution < -0.4 is 5.32 Å². The Labute approximate surface area is 134 Å². The third kappa shape index (κ3) is 3.72. The van der Waals surface area contributed by atoms with Crippen molar-refractivity contribution in [3.63, 3.8) is 0 Å². The second kappa shape index (κ2) is 6.06. The molecule has 1 aliphatic rings. The average molecular weight is 319 g/mol. The molecule has 1 atom stereocenters. The first-order valence-corrected chi connectivity index (χ1v) is 7.78. The molecule has 2 aromatic rings. The lowest BCUT2D eigenvalue weighted by Crippen LogP contribution is -2.39. The Morgan fingerprint density at radius 2 is 2.22 bits per heavy atom. The lowest BCUT2D eigenvalue weighted by atomic mass is 9.79. The molecule has 7 heteroatoms. The predicted octanol–water partition coefficient (Wildman–Crippen LogP) is 3.70. The van der Waals surface area contributed by atoms with Gasteiger partial charge in [-0.1, -0.05) is 11.6 Å². The largest absolute Gasteiger partial charge is 0.472 e. The van der Waals surface area contributed by atoms with Crippen LogP contribution in [-0.4, -0.2) is 21.8 Å². The van der Waals surface area contributed by atoms with Crippen molar-refractivity contribution in [1.82, 2.24) is 15.5 Å². The summed E-state index contributed by atoms with van der Waals surface area (Å²) in [5, 5.41) is 6.83. The lowest BCUT2D eigenvalue weighted by molar-refractivity contribution is 0.0444. The molecule has 0 aliphatic heterocycles. The van der Waals surface area contributed by atoms with Gasteiger partial charge in [0.1, 0.15) is 17.9 Å². The van der Waals surface area contributed by atoms with Crippen LogP contribution in [0.2, 0.25) is 0 Å². The van der Waals surface area contributed by atoms with Gasteiger partial charge in [0.05, 0.1) is 11.8 Å². The van der Waals surface area contributed by atoms with E-state index in [-0.39, 0.29) is 6.04 Å². The van der Waals surface area contributed by atoms with Crippen LogP contribution in [0.15, 0.2) is 27.5 Å². The fourth-order valence-corrected chi connectivity index (χ4v) is 2.46. The van der Waals surface area contributed by atoms with E-state index in [0.717, 1.165) is 24.8 Å². The zero-order valence-electron chi connectivity index (χ0n) is 13.5. The Morgan fingerprint density at radius 1 is 1.43 bits per heavy atom. The van der Waals surface area contributed by atoms with Gasteiger partial charge in [0.25, 0.3) is 0 Å². The van der Waals surface area contributed by atoms with Gasteiger partial charge in [-0.15, -0.1) is 0 Å². The smallest absolute Gasteiger partial charge is 0.408 e. The molecule has 2 aromatic heterocycles. The Hall–Kier alpha value is -2.31. The maximum absolute atomic E-state index is 12.1. The first-order chi connectivity index (χ1) is 10.9. The van der Waals surface area contributed by atoms with Crippen molar-refractivity contribution in [2.24, 2.45) is 5.92 Å². The van der Waals surface area contributed by atoms with Gasteiger partial charge in [-0.3, -0.25) is 0 Å². The first kappa shape index (κ1) is 15.6. The van der Waals surface area contributed by atoms with Crippen molar-refractivity contribution in [3.8, 4) is 11.4 Å². The van der Waals surface area contributed by atoms with Gasteiger partial charge in [-0.05, 0) is 45.6 Å². The van der Waals surface area contributed by atoms with Crippen LogP contribution in [0.25, 0.3) is 11.4 Å².